The molecular weight excluding hydrogens is 320 g/mol. The number of ether oxygens (including phenoxy) is 1. The molecule has 1 saturated carbocycles. The van der Waals surface area contributed by atoms with E-state index in [1.165, 1.54) is 19.3 Å². The van der Waals surface area contributed by atoms with Crippen LogP contribution in [0.3, 0.4) is 0 Å². The van der Waals surface area contributed by atoms with Crippen molar-refractivity contribution in [3.63, 3.8) is 0 Å². The van der Waals surface area contributed by atoms with E-state index in [1.807, 2.05) is 4.90 Å². The second kappa shape index (κ2) is 8.19. The first-order valence-corrected chi connectivity index (χ1v) is 9.85. The van der Waals surface area contributed by atoms with Crippen LogP contribution in [0.2, 0.25) is 0 Å². The largest absolute Gasteiger partial charge is 0.466 e. The Balaban J connectivity index is 1.57. The number of rotatable bonds is 4. The fourth-order valence-corrected chi connectivity index (χ4v) is 4.53. The van der Waals surface area contributed by atoms with Gasteiger partial charge < -0.3 is 14.5 Å². The Morgan fingerprint density at radius 3 is 2.52 bits per heavy atom. The molecule has 0 aromatic carbocycles. The highest BCUT2D eigenvalue weighted by Crippen LogP contribution is 2.30. The van der Waals surface area contributed by atoms with Crippen LogP contribution in [0.15, 0.2) is 0 Å². The second-order valence-electron chi connectivity index (χ2n) is 7.61. The van der Waals surface area contributed by atoms with Crippen molar-refractivity contribution >= 4 is 17.8 Å². The van der Waals surface area contributed by atoms with Crippen molar-refractivity contribution in [2.24, 2.45) is 11.8 Å². The molecule has 2 aliphatic heterocycles. The van der Waals surface area contributed by atoms with E-state index < -0.39 is 0 Å². The minimum atomic E-state index is -0.240. The van der Waals surface area contributed by atoms with Crippen molar-refractivity contribution in [1.29, 1.82) is 0 Å². The van der Waals surface area contributed by atoms with Crippen molar-refractivity contribution < 1.29 is 19.1 Å². The Bertz CT molecular complexity index is 516. The predicted octanol–water partition coefficient (Wildman–Crippen LogP) is 1.97. The molecule has 0 spiro atoms. The first-order valence-electron chi connectivity index (χ1n) is 9.85. The number of likely N-dealkylation sites (tertiary alicyclic amines) is 2. The summed E-state index contributed by atoms with van der Waals surface area (Å²) in [5.74, 6) is -0.490. The van der Waals surface area contributed by atoms with Crippen molar-refractivity contribution in [2.75, 3.05) is 26.2 Å². The van der Waals surface area contributed by atoms with Crippen LogP contribution in [0.25, 0.3) is 0 Å². The summed E-state index contributed by atoms with van der Waals surface area (Å²) in [6.07, 6.45) is 7.69. The lowest BCUT2D eigenvalue weighted by Crippen LogP contribution is -2.46. The summed E-state index contributed by atoms with van der Waals surface area (Å²) >= 11 is 0. The van der Waals surface area contributed by atoms with Crippen LogP contribution in [0.5, 0.6) is 0 Å². The third-order valence-electron chi connectivity index (χ3n) is 5.88. The van der Waals surface area contributed by atoms with Crippen LogP contribution in [0.4, 0.5) is 0 Å². The van der Waals surface area contributed by atoms with Crippen molar-refractivity contribution in [3.8, 4) is 0 Å². The van der Waals surface area contributed by atoms with Crippen molar-refractivity contribution in [1.82, 2.24) is 9.80 Å². The monoisotopic (exact) mass is 350 g/mol. The van der Waals surface area contributed by atoms with Gasteiger partial charge in [-0.15, -0.1) is 0 Å². The first-order chi connectivity index (χ1) is 12.1. The van der Waals surface area contributed by atoms with Gasteiger partial charge in [-0.05, 0) is 32.6 Å². The van der Waals surface area contributed by atoms with Crippen LogP contribution in [-0.2, 0) is 19.1 Å². The summed E-state index contributed by atoms with van der Waals surface area (Å²) in [6.45, 7) is 3.85. The number of carbonyl (C=O) groups excluding carboxylic acids is 3. The molecule has 25 heavy (non-hydrogen) atoms. The molecule has 3 rings (SSSR count). The quantitative estimate of drug-likeness (QED) is 0.727. The second-order valence-corrected chi connectivity index (χ2v) is 7.61. The van der Waals surface area contributed by atoms with E-state index in [-0.39, 0.29) is 29.6 Å². The van der Waals surface area contributed by atoms with Gasteiger partial charge in [-0.2, -0.15) is 0 Å². The van der Waals surface area contributed by atoms with Crippen LogP contribution >= 0.6 is 0 Å². The molecule has 1 aliphatic carbocycles. The Kier molecular flexibility index (Phi) is 5.97. The summed E-state index contributed by atoms with van der Waals surface area (Å²) < 4.78 is 5.11. The number of nitrogens with zero attached hydrogens (tertiary/aromatic N) is 2. The predicted molar refractivity (Wildman–Crippen MR) is 92.6 cm³/mol. The molecule has 2 atom stereocenters. The molecule has 0 radical (unpaired) electrons. The number of carbonyl (C=O) groups is 3. The van der Waals surface area contributed by atoms with E-state index in [4.69, 9.17) is 4.74 Å². The van der Waals surface area contributed by atoms with Crippen LogP contribution in [0.1, 0.15) is 58.3 Å². The maximum atomic E-state index is 12.9. The lowest BCUT2D eigenvalue weighted by molar-refractivity contribution is -0.152. The van der Waals surface area contributed by atoms with Crippen molar-refractivity contribution in [2.45, 2.75) is 64.3 Å². The zero-order valence-corrected chi connectivity index (χ0v) is 15.2. The molecule has 6 nitrogen and oxygen atoms in total. The minimum Gasteiger partial charge on any atom is -0.466 e. The summed E-state index contributed by atoms with van der Waals surface area (Å²) in [6, 6.07) is 0.327. The van der Waals surface area contributed by atoms with Gasteiger partial charge in [0.05, 0.1) is 18.4 Å². The third kappa shape index (κ3) is 4.15. The van der Waals surface area contributed by atoms with Gasteiger partial charge in [0.1, 0.15) is 0 Å². The fraction of sp³-hybridized carbons (Fsp3) is 0.842. The summed E-state index contributed by atoms with van der Waals surface area (Å²) in [5, 5.41) is 0. The van der Waals surface area contributed by atoms with Gasteiger partial charge in [0.25, 0.3) is 0 Å². The zero-order chi connectivity index (χ0) is 17.8. The lowest BCUT2D eigenvalue weighted by Gasteiger charge is -2.34. The van der Waals surface area contributed by atoms with Crippen LogP contribution < -0.4 is 0 Å². The summed E-state index contributed by atoms with van der Waals surface area (Å²) in [4.78, 5) is 41.0. The normalized spacial score (nSPS) is 28.3. The Morgan fingerprint density at radius 2 is 1.80 bits per heavy atom. The molecule has 2 amide bonds. The molecular formula is C19H30N2O4. The lowest BCUT2D eigenvalue weighted by atomic mass is 9.94. The molecule has 0 N–H and O–H groups in total. The van der Waals surface area contributed by atoms with E-state index in [0.717, 1.165) is 25.7 Å². The maximum absolute atomic E-state index is 12.9. The highest BCUT2D eigenvalue weighted by Gasteiger charge is 2.41. The maximum Gasteiger partial charge on any atom is 0.310 e. The van der Waals surface area contributed by atoms with Gasteiger partial charge in [-0.1, -0.05) is 19.3 Å². The molecule has 0 bridgehead atoms. The van der Waals surface area contributed by atoms with Gasteiger partial charge in [0.2, 0.25) is 11.8 Å². The summed E-state index contributed by atoms with van der Waals surface area (Å²) in [5.41, 5.74) is 0. The number of amides is 2. The smallest absolute Gasteiger partial charge is 0.310 e. The standard InChI is InChI=1S/C19H30N2O4/c1-2-25-19(24)14-7-6-10-20(12-14)18(23)15-11-17(22)21(13-15)16-8-4-3-5-9-16/h14-16H,2-13H2,1H3/t14-,15+/m1/s1. The highest BCUT2D eigenvalue weighted by atomic mass is 16.5. The number of piperidine rings is 1. The van der Waals surface area contributed by atoms with Crippen molar-refractivity contribution in [3.05, 3.63) is 0 Å². The van der Waals surface area contributed by atoms with Crippen LogP contribution in [-0.4, -0.2) is 59.9 Å². The summed E-state index contributed by atoms with van der Waals surface area (Å²) in [7, 11) is 0. The SMILES string of the molecule is CCOC(=O)[C@@H]1CCCN(C(=O)[C@H]2CC(=O)N(C3CCCCC3)C2)C1. The zero-order valence-electron chi connectivity index (χ0n) is 15.2. The molecule has 0 aromatic heterocycles. The average molecular weight is 350 g/mol. The Morgan fingerprint density at radius 1 is 1.04 bits per heavy atom. The number of hydrogen-bond acceptors (Lipinski definition) is 4. The van der Waals surface area contributed by atoms with Crippen LogP contribution in [0, 0.1) is 11.8 Å². The van der Waals surface area contributed by atoms with Gasteiger partial charge in [-0.3, -0.25) is 14.4 Å². The van der Waals surface area contributed by atoms with E-state index >= 15 is 0 Å². The molecule has 3 fully saturated rings. The van der Waals surface area contributed by atoms with Gasteiger partial charge >= 0.3 is 5.97 Å². The third-order valence-corrected chi connectivity index (χ3v) is 5.88. The Labute approximate surface area is 149 Å². The molecule has 6 heteroatoms. The average Bonchev–Trinajstić information content (AvgIpc) is 3.04. The minimum absolute atomic E-state index is 0.0423. The Hall–Kier alpha value is -1.59. The number of hydrogen-bond donors (Lipinski definition) is 0. The molecule has 2 heterocycles. The molecule has 140 valence electrons. The van der Waals surface area contributed by atoms with E-state index in [1.54, 1.807) is 11.8 Å². The van der Waals surface area contributed by atoms with E-state index in [9.17, 15) is 14.4 Å². The number of esters is 1. The van der Waals surface area contributed by atoms with Gasteiger partial charge in [0, 0.05) is 32.1 Å². The van der Waals surface area contributed by atoms with E-state index in [0.29, 0.717) is 38.7 Å². The van der Waals surface area contributed by atoms with Gasteiger partial charge in [0.15, 0.2) is 0 Å². The molecule has 3 aliphatic rings. The van der Waals surface area contributed by atoms with Gasteiger partial charge in [-0.25, -0.2) is 0 Å². The molecule has 2 saturated heterocycles. The van der Waals surface area contributed by atoms with E-state index in [2.05, 4.69) is 0 Å². The topological polar surface area (TPSA) is 66.9 Å². The first kappa shape index (κ1) is 18.2. The highest BCUT2D eigenvalue weighted by molar-refractivity contribution is 5.89. The molecule has 0 aromatic rings. The fourth-order valence-electron chi connectivity index (χ4n) is 4.53. The molecule has 0 unspecified atom stereocenters.